The minimum absolute atomic E-state index is 0.0185. The number of hydrogen-bond donors (Lipinski definition) is 1. The van der Waals surface area contributed by atoms with Crippen LogP contribution in [0.25, 0.3) is 22.0 Å². The molecule has 2 aromatic carbocycles. The van der Waals surface area contributed by atoms with Gasteiger partial charge in [0.1, 0.15) is 11.5 Å². The van der Waals surface area contributed by atoms with Gasteiger partial charge < -0.3 is 10.2 Å². The van der Waals surface area contributed by atoms with Crippen molar-refractivity contribution < 1.29 is 18.0 Å². The van der Waals surface area contributed by atoms with Crippen LogP contribution >= 0.6 is 0 Å². The molecule has 0 radical (unpaired) electrons. The predicted octanol–water partition coefficient (Wildman–Crippen LogP) is 5.90. The number of rotatable bonds is 4. The molecule has 1 N–H and O–H groups in total. The number of piperidine rings is 1. The number of pyridine rings is 2. The molecule has 37 heavy (non-hydrogen) atoms. The third-order valence-electron chi connectivity index (χ3n) is 6.47. The van der Waals surface area contributed by atoms with Gasteiger partial charge in [-0.15, -0.1) is 0 Å². The molecule has 1 saturated heterocycles. The molecule has 3 heterocycles. The van der Waals surface area contributed by atoms with Crippen molar-refractivity contribution in [3.63, 3.8) is 0 Å². The Morgan fingerprint density at radius 3 is 2.49 bits per heavy atom. The number of nitrogens with zero attached hydrogens (tertiary/aromatic N) is 4. The van der Waals surface area contributed by atoms with Crippen molar-refractivity contribution in [2.45, 2.75) is 25.1 Å². The Hall–Kier alpha value is -4.45. The Morgan fingerprint density at radius 1 is 1.03 bits per heavy atom. The minimum atomic E-state index is -4.56. The molecular weight excluding hydrogens is 479 g/mol. The number of anilines is 1. The second-order valence-corrected chi connectivity index (χ2v) is 8.88. The summed E-state index contributed by atoms with van der Waals surface area (Å²) in [6.07, 6.45) is -1.73. The first-order chi connectivity index (χ1) is 17.8. The minimum Gasteiger partial charge on any atom is -0.367 e. The van der Waals surface area contributed by atoms with Gasteiger partial charge in [0.2, 0.25) is 0 Å². The van der Waals surface area contributed by atoms with Crippen molar-refractivity contribution in [2.24, 2.45) is 0 Å². The van der Waals surface area contributed by atoms with Crippen molar-refractivity contribution in [1.29, 1.82) is 5.26 Å². The molecule has 0 spiro atoms. The average Bonchev–Trinajstić information content (AvgIpc) is 2.93. The van der Waals surface area contributed by atoms with Crippen LogP contribution < -0.4 is 5.32 Å². The largest absolute Gasteiger partial charge is 0.433 e. The van der Waals surface area contributed by atoms with E-state index in [0.717, 1.165) is 11.6 Å². The molecule has 186 valence electrons. The van der Waals surface area contributed by atoms with E-state index in [1.54, 1.807) is 35.4 Å². The molecule has 0 atom stereocenters. The third-order valence-corrected chi connectivity index (χ3v) is 6.47. The highest BCUT2D eigenvalue weighted by Crippen LogP contribution is 2.35. The smallest absolute Gasteiger partial charge is 0.367 e. The van der Waals surface area contributed by atoms with Crippen LogP contribution in [0.3, 0.4) is 0 Å². The first kappa shape index (κ1) is 24.3. The van der Waals surface area contributed by atoms with Crippen LogP contribution in [0.4, 0.5) is 19.0 Å². The van der Waals surface area contributed by atoms with E-state index < -0.39 is 11.9 Å². The van der Waals surface area contributed by atoms with E-state index in [9.17, 15) is 18.0 Å². The van der Waals surface area contributed by atoms with Crippen LogP contribution in [-0.4, -0.2) is 39.9 Å². The number of carbonyl (C=O) groups excluding carboxylic acids is 1. The van der Waals surface area contributed by atoms with E-state index in [4.69, 9.17) is 5.26 Å². The maximum Gasteiger partial charge on any atom is 0.433 e. The summed E-state index contributed by atoms with van der Waals surface area (Å²) in [4.78, 5) is 23.1. The molecule has 5 rings (SSSR count). The number of carbonyl (C=O) groups is 1. The molecule has 0 saturated carbocycles. The number of fused-ring (bicyclic) bond motifs is 1. The zero-order chi connectivity index (χ0) is 26.0. The Bertz CT molecular complexity index is 1490. The SMILES string of the molecule is N#Cc1cccc(C(=O)N2CCC(Nc3ncc(-c4ccccc4)c4nc(C(F)(F)F)ccc34)CC2)c1. The van der Waals surface area contributed by atoms with E-state index in [-0.39, 0.29) is 17.5 Å². The van der Waals surface area contributed by atoms with Gasteiger partial charge >= 0.3 is 6.18 Å². The summed E-state index contributed by atoms with van der Waals surface area (Å²) < 4.78 is 40.3. The van der Waals surface area contributed by atoms with E-state index in [2.05, 4.69) is 15.3 Å². The fourth-order valence-electron chi connectivity index (χ4n) is 4.54. The second kappa shape index (κ2) is 9.90. The zero-order valence-electron chi connectivity index (χ0n) is 19.7. The number of amides is 1. The van der Waals surface area contributed by atoms with Gasteiger partial charge in [-0.2, -0.15) is 18.4 Å². The molecule has 0 aliphatic carbocycles. The normalized spacial score (nSPS) is 14.4. The Balaban J connectivity index is 1.38. The van der Waals surface area contributed by atoms with Gasteiger partial charge in [0.25, 0.3) is 5.91 Å². The topological polar surface area (TPSA) is 81.9 Å². The number of nitrogens with one attached hydrogen (secondary N) is 1. The summed E-state index contributed by atoms with van der Waals surface area (Å²) in [7, 11) is 0. The van der Waals surface area contributed by atoms with Crippen molar-refractivity contribution in [3.05, 3.63) is 89.7 Å². The van der Waals surface area contributed by atoms with Crippen LogP contribution in [0.2, 0.25) is 0 Å². The second-order valence-electron chi connectivity index (χ2n) is 8.88. The zero-order valence-corrected chi connectivity index (χ0v) is 19.7. The third kappa shape index (κ3) is 5.09. The number of nitriles is 1. The number of halogens is 3. The fourth-order valence-corrected chi connectivity index (χ4v) is 4.54. The summed E-state index contributed by atoms with van der Waals surface area (Å²) in [6, 6.07) is 20.1. The summed E-state index contributed by atoms with van der Waals surface area (Å²) in [6.45, 7) is 1.01. The standard InChI is InChI=1S/C28H22F3N5O/c29-28(30,31)24-10-9-22-25(35-24)23(19-6-2-1-3-7-19)17-33-26(22)34-21-11-13-36(14-12-21)27(37)20-8-4-5-18(15-20)16-32/h1-10,15,17,21H,11-14H2,(H,33,34). The fraction of sp³-hybridized carbons (Fsp3) is 0.214. The molecule has 0 bridgehead atoms. The molecule has 9 heteroatoms. The molecule has 4 aromatic rings. The lowest BCUT2D eigenvalue weighted by atomic mass is 10.0. The van der Waals surface area contributed by atoms with Crippen LogP contribution in [0.15, 0.2) is 72.9 Å². The van der Waals surface area contributed by atoms with Gasteiger partial charge in [-0.05, 0) is 48.7 Å². The summed E-state index contributed by atoms with van der Waals surface area (Å²) in [5.41, 5.74) is 1.42. The number of hydrogen-bond acceptors (Lipinski definition) is 5. The molecule has 1 aliphatic rings. The highest BCUT2D eigenvalue weighted by atomic mass is 19.4. The summed E-state index contributed by atoms with van der Waals surface area (Å²) in [5, 5.41) is 13.0. The van der Waals surface area contributed by atoms with E-state index in [1.807, 2.05) is 36.4 Å². The quantitative estimate of drug-likeness (QED) is 0.376. The molecule has 0 unspecified atom stereocenters. The molecule has 6 nitrogen and oxygen atoms in total. The summed E-state index contributed by atoms with van der Waals surface area (Å²) in [5.74, 6) is 0.331. The van der Waals surface area contributed by atoms with Crippen molar-refractivity contribution >= 4 is 22.6 Å². The van der Waals surface area contributed by atoms with Crippen molar-refractivity contribution in [2.75, 3.05) is 18.4 Å². The highest BCUT2D eigenvalue weighted by molar-refractivity contribution is 5.99. The first-order valence-electron chi connectivity index (χ1n) is 11.8. The van der Waals surface area contributed by atoms with Gasteiger partial charge in [0.15, 0.2) is 0 Å². The Labute approximate surface area is 211 Å². The number of benzene rings is 2. The van der Waals surface area contributed by atoms with Crippen LogP contribution in [0, 0.1) is 11.3 Å². The predicted molar refractivity (Wildman–Crippen MR) is 134 cm³/mol. The molecule has 1 fully saturated rings. The van der Waals surface area contributed by atoms with Crippen molar-refractivity contribution in [3.8, 4) is 17.2 Å². The molecule has 2 aromatic heterocycles. The number of likely N-dealkylation sites (tertiary alicyclic amines) is 1. The number of alkyl halides is 3. The van der Waals surface area contributed by atoms with Gasteiger partial charge in [-0.1, -0.05) is 36.4 Å². The molecule has 1 aliphatic heterocycles. The van der Waals surface area contributed by atoms with E-state index in [1.165, 1.54) is 6.07 Å². The van der Waals surface area contributed by atoms with Gasteiger partial charge in [0.05, 0.1) is 17.1 Å². The van der Waals surface area contributed by atoms with Crippen LogP contribution in [-0.2, 0) is 6.18 Å². The van der Waals surface area contributed by atoms with E-state index >= 15 is 0 Å². The Kier molecular flexibility index (Phi) is 6.49. The molecule has 1 amide bonds. The highest BCUT2D eigenvalue weighted by Gasteiger charge is 2.33. The maximum absolute atomic E-state index is 13.4. The lowest BCUT2D eigenvalue weighted by Gasteiger charge is -2.33. The lowest BCUT2D eigenvalue weighted by molar-refractivity contribution is -0.140. The van der Waals surface area contributed by atoms with Gasteiger partial charge in [0, 0.05) is 41.8 Å². The Morgan fingerprint density at radius 2 is 1.78 bits per heavy atom. The van der Waals surface area contributed by atoms with Gasteiger partial charge in [-0.3, -0.25) is 4.79 Å². The monoisotopic (exact) mass is 501 g/mol. The lowest BCUT2D eigenvalue weighted by Crippen LogP contribution is -2.42. The van der Waals surface area contributed by atoms with Crippen LogP contribution in [0.5, 0.6) is 0 Å². The number of aromatic nitrogens is 2. The average molecular weight is 502 g/mol. The van der Waals surface area contributed by atoms with Crippen molar-refractivity contribution in [1.82, 2.24) is 14.9 Å². The first-order valence-corrected chi connectivity index (χ1v) is 11.8. The van der Waals surface area contributed by atoms with E-state index in [0.29, 0.717) is 53.8 Å². The van der Waals surface area contributed by atoms with Crippen LogP contribution in [0.1, 0.15) is 34.5 Å². The maximum atomic E-state index is 13.4. The summed E-state index contributed by atoms with van der Waals surface area (Å²) >= 11 is 0. The van der Waals surface area contributed by atoms with Gasteiger partial charge in [-0.25, -0.2) is 9.97 Å². The molecular formula is C28H22F3N5O.